The second kappa shape index (κ2) is 4.00. The first-order valence-electron chi connectivity index (χ1n) is 4.66. The van der Waals surface area contributed by atoms with Crippen LogP contribution in [0.3, 0.4) is 0 Å². The van der Waals surface area contributed by atoms with E-state index < -0.39 is 0 Å². The molecule has 0 atom stereocenters. The molecule has 1 heterocycles. The largest absolute Gasteiger partial charge is 0.351 e. The first kappa shape index (κ1) is 9.52. The summed E-state index contributed by atoms with van der Waals surface area (Å²) < 4.78 is 0. The van der Waals surface area contributed by atoms with Gasteiger partial charge in [-0.25, -0.2) is 0 Å². The molecule has 2 N–H and O–H groups in total. The van der Waals surface area contributed by atoms with E-state index in [2.05, 4.69) is 15.5 Å². The van der Waals surface area contributed by atoms with Crippen molar-refractivity contribution in [3.8, 4) is 0 Å². The quantitative estimate of drug-likeness (QED) is 0.737. The third-order valence-corrected chi connectivity index (χ3v) is 2.58. The summed E-state index contributed by atoms with van der Waals surface area (Å²) in [7, 11) is 0. The predicted molar refractivity (Wildman–Crippen MR) is 53.1 cm³/mol. The molecule has 1 saturated carbocycles. The Balaban J connectivity index is 1.94. The molecule has 1 aromatic heterocycles. The number of aromatic nitrogens is 2. The van der Waals surface area contributed by atoms with Gasteiger partial charge in [-0.15, -0.1) is 11.6 Å². The highest BCUT2D eigenvalue weighted by Crippen LogP contribution is 2.40. The maximum atomic E-state index is 10.9. The van der Waals surface area contributed by atoms with Gasteiger partial charge in [0.1, 0.15) is 5.88 Å². The van der Waals surface area contributed by atoms with E-state index in [9.17, 15) is 4.79 Å². The van der Waals surface area contributed by atoms with Crippen LogP contribution in [0.1, 0.15) is 30.0 Å². The summed E-state index contributed by atoms with van der Waals surface area (Å²) in [6.45, 7) is 0.522. The molecule has 76 valence electrons. The molecule has 0 unspecified atom stereocenters. The molecule has 14 heavy (non-hydrogen) atoms. The molecule has 1 aromatic rings. The van der Waals surface area contributed by atoms with Gasteiger partial charge < -0.3 is 5.32 Å². The molecule has 0 saturated heterocycles. The molecule has 0 bridgehead atoms. The van der Waals surface area contributed by atoms with Crippen LogP contribution in [-0.4, -0.2) is 22.0 Å². The van der Waals surface area contributed by atoms with Crippen molar-refractivity contribution in [3.05, 3.63) is 17.5 Å². The Morgan fingerprint density at radius 2 is 2.50 bits per heavy atom. The van der Waals surface area contributed by atoms with Crippen molar-refractivity contribution in [2.75, 3.05) is 5.88 Å². The molecule has 0 spiro atoms. The Labute approximate surface area is 87.0 Å². The van der Waals surface area contributed by atoms with Crippen LogP contribution >= 0.6 is 11.6 Å². The van der Waals surface area contributed by atoms with E-state index in [1.165, 1.54) is 18.5 Å². The first-order chi connectivity index (χ1) is 6.81. The van der Waals surface area contributed by atoms with E-state index in [4.69, 9.17) is 11.6 Å². The van der Waals surface area contributed by atoms with E-state index in [1.54, 1.807) is 6.20 Å². The van der Waals surface area contributed by atoms with E-state index in [0.717, 1.165) is 5.56 Å². The second-order valence-corrected chi connectivity index (χ2v) is 3.76. The fourth-order valence-electron chi connectivity index (χ4n) is 1.43. The first-order valence-corrected chi connectivity index (χ1v) is 5.19. The van der Waals surface area contributed by atoms with Gasteiger partial charge in [0.2, 0.25) is 5.91 Å². The van der Waals surface area contributed by atoms with Crippen LogP contribution in [0.15, 0.2) is 6.20 Å². The van der Waals surface area contributed by atoms with Crippen molar-refractivity contribution in [2.45, 2.75) is 25.3 Å². The summed E-state index contributed by atoms with van der Waals surface area (Å²) in [6.07, 6.45) is 4.21. The lowest BCUT2D eigenvalue weighted by atomic mass is 10.2. The molecule has 2 rings (SSSR count). The summed E-state index contributed by atoms with van der Waals surface area (Å²) in [4.78, 5) is 10.9. The van der Waals surface area contributed by atoms with Crippen LogP contribution in [0.2, 0.25) is 0 Å². The summed E-state index contributed by atoms with van der Waals surface area (Å²) in [5, 5.41) is 9.68. The van der Waals surface area contributed by atoms with Gasteiger partial charge in [0, 0.05) is 23.7 Å². The molecule has 4 nitrogen and oxygen atoms in total. The van der Waals surface area contributed by atoms with Crippen molar-refractivity contribution in [1.82, 2.24) is 15.5 Å². The second-order valence-electron chi connectivity index (χ2n) is 3.49. The Bertz CT molecular complexity index is 333. The van der Waals surface area contributed by atoms with Crippen LogP contribution < -0.4 is 5.32 Å². The number of carbonyl (C=O) groups is 1. The van der Waals surface area contributed by atoms with Crippen LogP contribution in [-0.2, 0) is 11.3 Å². The summed E-state index contributed by atoms with van der Waals surface area (Å²) in [5.41, 5.74) is 2.24. The standard InChI is InChI=1S/C9H12ClN3O/c10-3-8(14)11-4-7-5-12-13-9(7)6-1-2-6/h5-6H,1-4H2,(H,11,14)(H,12,13). The predicted octanol–water partition coefficient (Wildman–Crippen LogP) is 1.14. The lowest BCUT2D eigenvalue weighted by Gasteiger charge is -2.02. The molecule has 1 fully saturated rings. The molecule has 1 aliphatic carbocycles. The van der Waals surface area contributed by atoms with Crippen molar-refractivity contribution in [1.29, 1.82) is 0 Å². The molecule has 1 aliphatic rings. The van der Waals surface area contributed by atoms with Crippen molar-refractivity contribution in [3.63, 3.8) is 0 Å². The Kier molecular flexibility index (Phi) is 2.72. The zero-order chi connectivity index (χ0) is 9.97. The number of hydrogen-bond donors (Lipinski definition) is 2. The smallest absolute Gasteiger partial charge is 0.235 e. The number of nitrogens with zero attached hydrogens (tertiary/aromatic N) is 1. The van der Waals surface area contributed by atoms with Gasteiger partial charge in [-0.2, -0.15) is 5.10 Å². The van der Waals surface area contributed by atoms with Crippen LogP contribution in [0.5, 0.6) is 0 Å². The minimum atomic E-state index is -0.144. The Morgan fingerprint density at radius 3 is 3.14 bits per heavy atom. The monoisotopic (exact) mass is 213 g/mol. The number of carbonyl (C=O) groups excluding carboxylic acids is 1. The summed E-state index contributed by atoms with van der Waals surface area (Å²) >= 11 is 5.37. The Hall–Kier alpha value is -1.03. The minimum Gasteiger partial charge on any atom is -0.351 e. The highest BCUT2D eigenvalue weighted by molar-refractivity contribution is 6.27. The molecule has 0 radical (unpaired) electrons. The number of halogens is 1. The van der Waals surface area contributed by atoms with Crippen molar-refractivity contribution < 1.29 is 4.79 Å². The van der Waals surface area contributed by atoms with Gasteiger partial charge >= 0.3 is 0 Å². The van der Waals surface area contributed by atoms with Gasteiger partial charge in [0.15, 0.2) is 0 Å². The van der Waals surface area contributed by atoms with Crippen LogP contribution in [0.25, 0.3) is 0 Å². The van der Waals surface area contributed by atoms with Gasteiger partial charge in [-0.3, -0.25) is 9.89 Å². The SMILES string of the molecule is O=C(CCl)NCc1cn[nH]c1C1CC1. The molecule has 5 heteroatoms. The number of rotatable bonds is 4. The number of nitrogens with one attached hydrogen (secondary N) is 2. The van der Waals surface area contributed by atoms with E-state index in [1.807, 2.05) is 0 Å². The number of hydrogen-bond acceptors (Lipinski definition) is 2. The molecule has 0 aliphatic heterocycles. The maximum Gasteiger partial charge on any atom is 0.235 e. The highest BCUT2D eigenvalue weighted by Gasteiger charge is 2.27. The lowest BCUT2D eigenvalue weighted by Crippen LogP contribution is -2.23. The Morgan fingerprint density at radius 1 is 1.71 bits per heavy atom. The van der Waals surface area contributed by atoms with Crippen molar-refractivity contribution >= 4 is 17.5 Å². The molecular formula is C9H12ClN3O. The molecule has 1 amide bonds. The highest BCUT2D eigenvalue weighted by atomic mass is 35.5. The number of aromatic amines is 1. The van der Waals surface area contributed by atoms with E-state index in [-0.39, 0.29) is 11.8 Å². The van der Waals surface area contributed by atoms with Crippen LogP contribution in [0.4, 0.5) is 0 Å². The fraction of sp³-hybridized carbons (Fsp3) is 0.556. The zero-order valence-electron chi connectivity index (χ0n) is 7.72. The van der Waals surface area contributed by atoms with Crippen LogP contribution in [0, 0.1) is 0 Å². The molecule has 0 aromatic carbocycles. The average Bonchev–Trinajstić information content (AvgIpc) is 2.94. The lowest BCUT2D eigenvalue weighted by molar-refractivity contribution is -0.118. The average molecular weight is 214 g/mol. The van der Waals surface area contributed by atoms with Gasteiger partial charge in [0.05, 0.1) is 6.20 Å². The zero-order valence-corrected chi connectivity index (χ0v) is 8.47. The maximum absolute atomic E-state index is 10.9. The number of H-pyrrole nitrogens is 1. The molecular weight excluding hydrogens is 202 g/mol. The third kappa shape index (κ3) is 2.07. The minimum absolute atomic E-state index is 0.0105. The van der Waals surface area contributed by atoms with Gasteiger partial charge in [-0.1, -0.05) is 0 Å². The third-order valence-electron chi connectivity index (χ3n) is 2.33. The van der Waals surface area contributed by atoms with Crippen molar-refractivity contribution in [2.24, 2.45) is 0 Å². The topological polar surface area (TPSA) is 57.8 Å². The normalized spacial score (nSPS) is 15.5. The van der Waals surface area contributed by atoms with E-state index in [0.29, 0.717) is 12.5 Å². The summed E-state index contributed by atoms with van der Waals surface area (Å²) in [6, 6.07) is 0. The van der Waals surface area contributed by atoms with E-state index >= 15 is 0 Å². The number of alkyl halides is 1. The summed E-state index contributed by atoms with van der Waals surface area (Å²) in [5.74, 6) is 0.492. The fourth-order valence-corrected chi connectivity index (χ4v) is 1.52. The van der Waals surface area contributed by atoms with Gasteiger partial charge in [-0.05, 0) is 12.8 Å². The number of amides is 1. The van der Waals surface area contributed by atoms with Gasteiger partial charge in [0.25, 0.3) is 0 Å².